The number of hydrogen-bond donors (Lipinski definition) is 1. The molecule has 0 spiro atoms. The summed E-state index contributed by atoms with van der Waals surface area (Å²) in [5.41, 5.74) is 7.17. The molecular weight excluding hydrogens is 212 g/mol. The summed E-state index contributed by atoms with van der Waals surface area (Å²) in [6, 6.07) is 8.37. The molecule has 0 heterocycles. The van der Waals surface area contributed by atoms with Crippen molar-refractivity contribution in [2.75, 3.05) is 20.7 Å². The molecule has 0 bridgehead atoms. The van der Waals surface area contributed by atoms with Crippen molar-refractivity contribution in [3.05, 3.63) is 29.8 Å². The molecule has 1 unspecified atom stereocenters. The minimum atomic E-state index is -0.281. The van der Waals surface area contributed by atoms with Crippen LogP contribution in [0.15, 0.2) is 24.3 Å². The Morgan fingerprint density at radius 3 is 2.12 bits per heavy atom. The third-order valence-corrected chi connectivity index (χ3v) is 2.73. The van der Waals surface area contributed by atoms with E-state index in [1.165, 1.54) is 5.56 Å². The first-order chi connectivity index (χ1) is 7.86. The molecule has 1 aromatic rings. The van der Waals surface area contributed by atoms with Crippen LogP contribution in [0.3, 0.4) is 0 Å². The van der Waals surface area contributed by atoms with Crippen LogP contribution in [0.2, 0.25) is 0 Å². The minimum Gasteiger partial charge on any atom is -0.494 e. The van der Waals surface area contributed by atoms with E-state index in [0.717, 1.165) is 5.75 Å². The highest BCUT2D eigenvalue weighted by molar-refractivity contribution is 5.30. The molecule has 0 saturated heterocycles. The fourth-order valence-electron chi connectivity index (χ4n) is 2.31. The number of hydrogen-bond acceptors (Lipinski definition) is 3. The molecule has 0 saturated carbocycles. The van der Waals surface area contributed by atoms with Crippen molar-refractivity contribution in [2.45, 2.75) is 32.4 Å². The average molecular weight is 236 g/mol. The molecule has 0 fully saturated rings. The quantitative estimate of drug-likeness (QED) is 0.853. The lowest BCUT2D eigenvalue weighted by molar-refractivity contribution is 0.204. The van der Waals surface area contributed by atoms with Crippen LogP contribution in [0.1, 0.15) is 32.4 Å². The molecule has 0 aliphatic carbocycles. The fraction of sp³-hybridized carbons (Fsp3) is 0.571. The monoisotopic (exact) mass is 236 g/mol. The van der Waals surface area contributed by atoms with Crippen molar-refractivity contribution < 1.29 is 4.74 Å². The summed E-state index contributed by atoms with van der Waals surface area (Å²) in [4.78, 5) is 2.15. The van der Waals surface area contributed by atoms with Gasteiger partial charge in [0.2, 0.25) is 0 Å². The molecule has 0 aliphatic heterocycles. The number of ether oxygens (including phenoxy) is 1. The predicted molar refractivity (Wildman–Crippen MR) is 72.3 cm³/mol. The van der Waals surface area contributed by atoms with Crippen molar-refractivity contribution in [1.29, 1.82) is 0 Å². The minimum absolute atomic E-state index is 0.193. The predicted octanol–water partition coefficient (Wildman–Crippen LogP) is 2.43. The fourth-order valence-corrected chi connectivity index (χ4v) is 2.31. The Balaban J connectivity index is 2.96. The van der Waals surface area contributed by atoms with Gasteiger partial charge in [0.05, 0.1) is 12.6 Å². The highest BCUT2D eigenvalue weighted by Gasteiger charge is 2.28. The number of nitrogens with two attached hydrogens (primary N) is 1. The SMILES string of the molecule is CCOc1ccc(C(N(C)C)C(C)(C)N)cc1. The second kappa shape index (κ2) is 5.52. The van der Waals surface area contributed by atoms with Crippen LogP contribution in [0, 0.1) is 0 Å². The Kier molecular flexibility index (Phi) is 4.54. The molecule has 1 rings (SSSR count). The number of benzene rings is 1. The average Bonchev–Trinajstić information content (AvgIpc) is 2.18. The molecule has 17 heavy (non-hydrogen) atoms. The second-order valence-electron chi connectivity index (χ2n) is 5.19. The Morgan fingerprint density at radius 2 is 1.76 bits per heavy atom. The summed E-state index contributed by atoms with van der Waals surface area (Å²) < 4.78 is 5.44. The Bertz CT molecular complexity index is 338. The van der Waals surface area contributed by atoms with E-state index in [-0.39, 0.29) is 11.6 Å². The van der Waals surface area contributed by atoms with Gasteiger partial charge in [0.25, 0.3) is 0 Å². The molecule has 0 aliphatic rings. The first-order valence-corrected chi connectivity index (χ1v) is 6.04. The van der Waals surface area contributed by atoms with E-state index in [4.69, 9.17) is 10.5 Å². The molecule has 96 valence electrons. The Labute approximate surface area is 105 Å². The smallest absolute Gasteiger partial charge is 0.119 e. The standard InChI is InChI=1S/C14H24N2O/c1-6-17-12-9-7-11(8-10-12)13(16(4)5)14(2,3)15/h7-10,13H,6,15H2,1-5H3. The van der Waals surface area contributed by atoms with Gasteiger partial charge < -0.3 is 15.4 Å². The second-order valence-corrected chi connectivity index (χ2v) is 5.19. The summed E-state index contributed by atoms with van der Waals surface area (Å²) in [5, 5.41) is 0. The van der Waals surface area contributed by atoms with Gasteiger partial charge >= 0.3 is 0 Å². The molecule has 2 N–H and O–H groups in total. The van der Waals surface area contributed by atoms with Gasteiger partial charge in [0.15, 0.2) is 0 Å². The van der Waals surface area contributed by atoms with Crippen LogP contribution >= 0.6 is 0 Å². The van der Waals surface area contributed by atoms with Crippen LogP contribution in [-0.4, -0.2) is 31.1 Å². The summed E-state index contributed by atoms with van der Waals surface area (Å²) in [5.74, 6) is 0.906. The Hall–Kier alpha value is -1.06. The van der Waals surface area contributed by atoms with Crippen molar-refractivity contribution in [3.63, 3.8) is 0 Å². The summed E-state index contributed by atoms with van der Waals surface area (Å²) >= 11 is 0. The van der Waals surface area contributed by atoms with Gasteiger partial charge in [-0.2, -0.15) is 0 Å². The van der Waals surface area contributed by atoms with Crippen LogP contribution in [0.5, 0.6) is 5.75 Å². The maximum Gasteiger partial charge on any atom is 0.119 e. The van der Waals surface area contributed by atoms with Crippen LogP contribution in [0.25, 0.3) is 0 Å². The first kappa shape index (κ1) is 14.0. The third kappa shape index (κ3) is 3.72. The molecule has 3 heteroatoms. The zero-order chi connectivity index (χ0) is 13.1. The van der Waals surface area contributed by atoms with E-state index >= 15 is 0 Å². The third-order valence-electron chi connectivity index (χ3n) is 2.73. The van der Waals surface area contributed by atoms with Crippen LogP contribution < -0.4 is 10.5 Å². The summed E-state index contributed by atoms with van der Waals surface area (Å²) in [6.45, 7) is 6.78. The normalized spacial score (nSPS) is 13.8. The molecule has 1 aromatic carbocycles. The molecule has 0 aromatic heterocycles. The van der Waals surface area contributed by atoms with Crippen molar-refractivity contribution >= 4 is 0 Å². The van der Waals surface area contributed by atoms with Gasteiger partial charge in [-0.05, 0) is 52.6 Å². The van der Waals surface area contributed by atoms with Gasteiger partial charge in [-0.1, -0.05) is 12.1 Å². The van der Waals surface area contributed by atoms with Crippen LogP contribution in [-0.2, 0) is 0 Å². The highest BCUT2D eigenvalue weighted by Crippen LogP contribution is 2.29. The van der Waals surface area contributed by atoms with Crippen LogP contribution in [0.4, 0.5) is 0 Å². The highest BCUT2D eigenvalue weighted by atomic mass is 16.5. The van der Waals surface area contributed by atoms with Crippen molar-refractivity contribution in [2.24, 2.45) is 5.73 Å². The largest absolute Gasteiger partial charge is 0.494 e. The summed E-state index contributed by atoms with van der Waals surface area (Å²) in [6.07, 6.45) is 0. The zero-order valence-corrected chi connectivity index (χ0v) is 11.5. The molecule has 0 amide bonds. The van der Waals surface area contributed by atoms with Gasteiger partial charge in [-0.15, -0.1) is 0 Å². The van der Waals surface area contributed by atoms with Crippen molar-refractivity contribution in [3.8, 4) is 5.75 Å². The van der Waals surface area contributed by atoms with E-state index in [0.29, 0.717) is 6.61 Å². The maximum absolute atomic E-state index is 6.24. The van der Waals surface area contributed by atoms with Gasteiger partial charge in [0.1, 0.15) is 5.75 Å². The first-order valence-electron chi connectivity index (χ1n) is 6.04. The molecule has 1 atom stereocenters. The van der Waals surface area contributed by atoms with E-state index in [1.54, 1.807) is 0 Å². The molecule has 3 nitrogen and oxygen atoms in total. The van der Waals surface area contributed by atoms with Gasteiger partial charge in [-0.25, -0.2) is 0 Å². The van der Waals surface area contributed by atoms with E-state index in [2.05, 4.69) is 31.1 Å². The number of likely N-dealkylation sites (N-methyl/N-ethyl adjacent to an activating group) is 1. The van der Waals surface area contributed by atoms with E-state index < -0.39 is 0 Å². The summed E-state index contributed by atoms with van der Waals surface area (Å²) in [7, 11) is 4.10. The lowest BCUT2D eigenvalue weighted by atomic mass is 9.89. The number of nitrogens with zero attached hydrogens (tertiary/aromatic N) is 1. The van der Waals surface area contributed by atoms with Gasteiger partial charge in [0, 0.05) is 5.54 Å². The zero-order valence-electron chi connectivity index (χ0n) is 11.5. The maximum atomic E-state index is 6.24. The van der Waals surface area contributed by atoms with E-state index in [9.17, 15) is 0 Å². The molecule has 0 radical (unpaired) electrons. The Morgan fingerprint density at radius 1 is 1.24 bits per heavy atom. The lowest BCUT2D eigenvalue weighted by Crippen LogP contribution is -2.45. The van der Waals surface area contributed by atoms with E-state index in [1.807, 2.05) is 32.9 Å². The number of rotatable bonds is 5. The topological polar surface area (TPSA) is 38.5 Å². The molecular formula is C14H24N2O. The lowest BCUT2D eigenvalue weighted by Gasteiger charge is -2.36. The van der Waals surface area contributed by atoms with Crippen molar-refractivity contribution in [1.82, 2.24) is 4.90 Å². The van der Waals surface area contributed by atoms with Gasteiger partial charge in [-0.3, -0.25) is 0 Å².